The minimum atomic E-state index is 0.366. The van der Waals surface area contributed by atoms with Crippen LogP contribution >= 0.6 is 0 Å². The molecule has 0 radical (unpaired) electrons. The largest absolute Gasteiger partial charge is 0.341 e. The Morgan fingerprint density at radius 1 is 0.595 bits per heavy atom. The van der Waals surface area contributed by atoms with Crippen LogP contribution in [0.15, 0.2) is 48.8 Å². The Balaban J connectivity index is 1.13. The molecule has 4 unspecified atom stereocenters. The molecule has 2 aliphatic carbocycles. The van der Waals surface area contributed by atoms with Crippen molar-refractivity contribution in [3.05, 3.63) is 71.6 Å². The van der Waals surface area contributed by atoms with Crippen molar-refractivity contribution in [3.8, 4) is 33.6 Å². The summed E-state index contributed by atoms with van der Waals surface area (Å²) in [7, 11) is 0. The van der Waals surface area contributed by atoms with Crippen molar-refractivity contribution < 1.29 is 0 Å². The zero-order chi connectivity index (χ0) is 24.3. The second-order valence-electron chi connectivity index (χ2n) is 11.4. The first-order chi connectivity index (χ1) is 18.3. The van der Waals surface area contributed by atoms with Gasteiger partial charge >= 0.3 is 0 Å². The first kappa shape index (κ1) is 21.8. The Labute approximate surface area is 217 Å². The summed E-state index contributed by atoms with van der Waals surface area (Å²) in [4.78, 5) is 16.7. The van der Waals surface area contributed by atoms with E-state index < -0.39 is 0 Å². The zero-order valence-corrected chi connectivity index (χ0v) is 21.2. The molecule has 4 heterocycles. The SMILES string of the molecule is c1cc(-c2ccc(-c3cnc(C4CCCN4)[nH]3)c3c2C2CCC3C2)ccc1-c1cnc(C2CCCN2)[nH]1. The van der Waals surface area contributed by atoms with E-state index in [1.54, 1.807) is 11.1 Å². The molecule has 2 aliphatic heterocycles. The third-order valence-corrected chi connectivity index (χ3v) is 9.31. The fraction of sp³-hybridized carbons (Fsp3) is 0.419. The molecule has 37 heavy (non-hydrogen) atoms. The number of benzene rings is 2. The van der Waals surface area contributed by atoms with Crippen molar-refractivity contribution in [1.82, 2.24) is 30.6 Å². The Bertz CT molecular complexity index is 1430. The average Bonchev–Trinajstić information content (AvgIpc) is 3.79. The van der Waals surface area contributed by atoms with Crippen molar-refractivity contribution in [2.45, 2.75) is 68.9 Å². The Kier molecular flexibility index (Phi) is 5.12. The van der Waals surface area contributed by atoms with Gasteiger partial charge in [-0.1, -0.05) is 36.4 Å². The molecule has 3 fully saturated rings. The number of aromatic amines is 2. The molecule has 4 aliphatic rings. The fourth-order valence-electron chi connectivity index (χ4n) is 7.48. The Hall–Kier alpha value is -3.22. The topological polar surface area (TPSA) is 81.4 Å². The maximum Gasteiger partial charge on any atom is 0.123 e. The van der Waals surface area contributed by atoms with E-state index in [0.29, 0.717) is 23.9 Å². The van der Waals surface area contributed by atoms with Gasteiger partial charge in [0.2, 0.25) is 0 Å². The second kappa shape index (κ2) is 8.67. The first-order valence-electron chi connectivity index (χ1n) is 14.2. The third-order valence-electron chi connectivity index (χ3n) is 9.31. The van der Waals surface area contributed by atoms with E-state index in [9.17, 15) is 0 Å². The highest BCUT2D eigenvalue weighted by atomic mass is 15.0. The minimum absolute atomic E-state index is 0.366. The van der Waals surface area contributed by atoms with Crippen molar-refractivity contribution >= 4 is 0 Å². The number of hydrogen-bond acceptors (Lipinski definition) is 4. The molecule has 1 saturated carbocycles. The fourth-order valence-corrected chi connectivity index (χ4v) is 7.48. The van der Waals surface area contributed by atoms with E-state index in [2.05, 4.69) is 68.2 Å². The molecule has 2 saturated heterocycles. The predicted molar refractivity (Wildman–Crippen MR) is 146 cm³/mol. The highest BCUT2D eigenvalue weighted by Gasteiger charge is 2.40. The monoisotopic (exact) mass is 490 g/mol. The molecule has 2 aromatic carbocycles. The summed E-state index contributed by atoms with van der Waals surface area (Å²) < 4.78 is 0. The Morgan fingerprint density at radius 2 is 1.16 bits per heavy atom. The van der Waals surface area contributed by atoms with E-state index in [1.165, 1.54) is 66.5 Å². The number of hydrogen-bond donors (Lipinski definition) is 4. The number of H-pyrrole nitrogens is 2. The highest BCUT2D eigenvalue weighted by molar-refractivity contribution is 5.80. The van der Waals surface area contributed by atoms with Crippen LogP contribution < -0.4 is 10.6 Å². The summed E-state index contributed by atoms with van der Waals surface area (Å²) in [6.07, 6.45) is 12.8. The lowest BCUT2D eigenvalue weighted by atomic mass is 9.82. The minimum Gasteiger partial charge on any atom is -0.341 e. The lowest BCUT2D eigenvalue weighted by molar-refractivity contribution is 0.613. The summed E-state index contributed by atoms with van der Waals surface area (Å²) in [5, 5.41) is 7.11. The summed E-state index contributed by atoms with van der Waals surface area (Å²) in [6, 6.07) is 14.5. The van der Waals surface area contributed by atoms with Crippen LogP contribution in [-0.2, 0) is 0 Å². The molecular weight excluding hydrogens is 456 g/mol. The molecule has 2 aromatic heterocycles. The van der Waals surface area contributed by atoms with E-state index >= 15 is 0 Å². The number of aromatic nitrogens is 4. The molecular formula is C31H34N6. The summed E-state index contributed by atoms with van der Waals surface area (Å²) in [6.45, 7) is 2.17. The van der Waals surface area contributed by atoms with E-state index in [0.717, 1.165) is 36.9 Å². The third kappa shape index (κ3) is 3.61. The van der Waals surface area contributed by atoms with E-state index in [1.807, 2.05) is 6.20 Å². The molecule has 6 heteroatoms. The van der Waals surface area contributed by atoms with Crippen LogP contribution in [0.25, 0.3) is 33.6 Å². The van der Waals surface area contributed by atoms with Crippen LogP contribution in [-0.4, -0.2) is 33.0 Å². The average molecular weight is 491 g/mol. The van der Waals surface area contributed by atoms with Gasteiger partial charge in [-0.25, -0.2) is 9.97 Å². The van der Waals surface area contributed by atoms with E-state index in [4.69, 9.17) is 4.98 Å². The van der Waals surface area contributed by atoms with Crippen molar-refractivity contribution in [2.75, 3.05) is 13.1 Å². The lowest BCUT2D eigenvalue weighted by Crippen LogP contribution is -2.14. The normalized spacial score (nSPS) is 26.3. The van der Waals surface area contributed by atoms with Crippen LogP contribution in [0, 0.1) is 0 Å². The highest BCUT2D eigenvalue weighted by Crippen LogP contribution is 2.58. The maximum atomic E-state index is 4.78. The van der Waals surface area contributed by atoms with Gasteiger partial charge in [-0.15, -0.1) is 0 Å². The van der Waals surface area contributed by atoms with Crippen LogP contribution in [0.1, 0.15) is 91.6 Å². The molecule has 188 valence electrons. The van der Waals surface area contributed by atoms with E-state index in [-0.39, 0.29) is 0 Å². The molecule has 2 bridgehead atoms. The molecule has 8 rings (SSSR count). The smallest absolute Gasteiger partial charge is 0.123 e. The molecule has 0 spiro atoms. The van der Waals surface area contributed by atoms with Gasteiger partial charge in [-0.3, -0.25) is 0 Å². The van der Waals surface area contributed by atoms with Crippen LogP contribution in [0.3, 0.4) is 0 Å². The van der Waals surface area contributed by atoms with Crippen molar-refractivity contribution in [1.29, 1.82) is 0 Å². The number of nitrogens with one attached hydrogen (secondary N) is 4. The molecule has 4 N–H and O–H groups in total. The van der Waals surface area contributed by atoms with Crippen molar-refractivity contribution in [3.63, 3.8) is 0 Å². The van der Waals surface area contributed by atoms with Gasteiger partial charge in [0.05, 0.1) is 35.9 Å². The molecule has 6 nitrogen and oxygen atoms in total. The van der Waals surface area contributed by atoms with Gasteiger partial charge in [-0.2, -0.15) is 0 Å². The quantitative estimate of drug-likeness (QED) is 0.263. The van der Waals surface area contributed by atoms with Gasteiger partial charge in [0, 0.05) is 5.56 Å². The first-order valence-corrected chi connectivity index (χ1v) is 14.2. The summed E-state index contributed by atoms with van der Waals surface area (Å²) in [5.74, 6) is 3.52. The van der Waals surface area contributed by atoms with Gasteiger partial charge < -0.3 is 20.6 Å². The Morgan fingerprint density at radius 3 is 1.81 bits per heavy atom. The summed E-state index contributed by atoms with van der Waals surface area (Å²) >= 11 is 0. The molecule has 4 aromatic rings. The number of imidazole rings is 2. The molecule has 4 atom stereocenters. The van der Waals surface area contributed by atoms with Crippen LogP contribution in [0.2, 0.25) is 0 Å². The van der Waals surface area contributed by atoms with Gasteiger partial charge in [-0.05, 0) is 97.7 Å². The van der Waals surface area contributed by atoms with Gasteiger partial charge in [0.1, 0.15) is 11.6 Å². The number of rotatable bonds is 5. The lowest BCUT2D eigenvalue weighted by Gasteiger charge is -2.22. The molecule has 0 amide bonds. The van der Waals surface area contributed by atoms with Gasteiger partial charge in [0.15, 0.2) is 0 Å². The number of fused-ring (bicyclic) bond motifs is 5. The number of nitrogens with zero attached hydrogens (tertiary/aromatic N) is 2. The van der Waals surface area contributed by atoms with Gasteiger partial charge in [0.25, 0.3) is 0 Å². The van der Waals surface area contributed by atoms with Crippen LogP contribution in [0.4, 0.5) is 0 Å². The second-order valence-corrected chi connectivity index (χ2v) is 11.4. The predicted octanol–water partition coefficient (Wildman–Crippen LogP) is 6.35. The van der Waals surface area contributed by atoms with Crippen molar-refractivity contribution in [2.24, 2.45) is 0 Å². The maximum absolute atomic E-state index is 4.78. The van der Waals surface area contributed by atoms with Crippen LogP contribution in [0.5, 0.6) is 0 Å². The standard InChI is InChI=1S/C31H34N6/c1-3-24(32-13-1)30-34-16-26(36-30)19-7-5-18(6-8-19)22-11-12-23(29-21-10-9-20(15-21)28(22)29)27-17-35-31(37-27)25-4-2-14-33-25/h5-8,11-12,16-17,20-21,24-25,32-33H,1-4,9-10,13-15H2,(H,34,36)(H,35,37). The zero-order valence-electron chi connectivity index (χ0n) is 21.2. The summed E-state index contributed by atoms with van der Waals surface area (Å²) in [5.41, 5.74) is 10.7.